The molecule has 0 radical (unpaired) electrons. The minimum absolute atomic E-state index is 0.0684. The number of benzene rings is 1. The molecule has 134 valence electrons. The molecule has 3 aromatic rings. The first-order valence-corrected chi connectivity index (χ1v) is 8.91. The number of aromatic nitrogens is 2. The van der Waals surface area contributed by atoms with Crippen molar-refractivity contribution in [3.8, 4) is 0 Å². The Labute approximate surface area is 156 Å². The molecule has 3 heterocycles. The predicted octanol–water partition coefficient (Wildman–Crippen LogP) is 3.46. The first-order chi connectivity index (χ1) is 12.5. The highest BCUT2D eigenvalue weighted by molar-refractivity contribution is 6.30. The SMILES string of the molecule is Cc1cc(Cl)cc(N2CCN(C(=O)c3cncc4nc(C)oc34)CC2)c1. The van der Waals surface area contributed by atoms with Crippen molar-refractivity contribution in [2.45, 2.75) is 13.8 Å². The van der Waals surface area contributed by atoms with E-state index in [1.165, 1.54) is 0 Å². The Balaban J connectivity index is 1.51. The molecular formula is C19H19ClN4O2. The van der Waals surface area contributed by atoms with Gasteiger partial charge < -0.3 is 14.2 Å². The summed E-state index contributed by atoms with van der Waals surface area (Å²) in [7, 11) is 0. The summed E-state index contributed by atoms with van der Waals surface area (Å²) in [6, 6.07) is 6.02. The molecule has 2 aromatic heterocycles. The summed E-state index contributed by atoms with van der Waals surface area (Å²) in [5.41, 5.74) is 3.81. The number of anilines is 1. The molecule has 0 saturated carbocycles. The number of aryl methyl sites for hydroxylation is 2. The highest BCUT2D eigenvalue weighted by Gasteiger charge is 2.25. The lowest BCUT2D eigenvalue weighted by Gasteiger charge is -2.36. The fourth-order valence-electron chi connectivity index (χ4n) is 3.35. The van der Waals surface area contributed by atoms with Crippen LogP contribution in [-0.2, 0) is 0 Å². The number of carbonyl (C=O) groups excluding carboxylic acids is 1. The van der Waals surface area contributed by atoms with Crippen LogP contribution in [0, 0.1) is 13.8 Å². The van der Waals surface area contributed by atoms with Gasteiger partial charge in [-0.2, -0.15) is 0 Å². The second-order valence-corrected chi connectivity index (χ2v) is 6.97. The molecule has 0 bridgehead atoms. The molecule has 26 heavy (non-hydrogen) atoms. The van der Waals surface area contributed by atoms with Gasteiger partial charge in [0.2, 0.25) is 0 Å². The van der Waals surface area contributed by atoms with E-state index < -0.39 is 0 Å². The lowest BCUT2D eigenvalue weighted by molar-refractivity contribution is 0.0747. The fourth-order valence-corrected chi connectivity index (χ4v) is 3.64. The third-order valence-electron chi connectivity index (χ3n) is 4.59. The zero-order valence-electron chi connectivity index (χ0n) is 14.7. The second-order valence-electron chi connectivity index (χ2n) is 6.53. The van der Waals surface area contributed by atoms with Crippen molar-refractivity contribution in [2.75, 3.05) is 31.1 Å². The smallest absolute Gasteiger partial charge is 0.259 e. The van der Waals surface area contributed by atoms with E-state index >= 15 is 0 Å². The van der Waals surface area contributed by atoms with Gasteiger partial charge in [0.05, 0.1) is 6.20 Å². The van der Waals surface area contributed by atoms with E-state index in [-0.39, 0.29) is 5.91 Å². The molecule has 0 unspecified atom stereocenters. The Morgan fingerprint density at radius 3 is 2.62 bits per heavy atom. The first-order valence-electron chi connectivity index (χ1n) is 8.54. The van der Waals surface area contributed by atoms with E-state index in [0.717, 1.165) is 29.4 Å². The summed E-state index contributed by atoms with van der Waals surface area (Å²) in [5.74, 6) is 0.462. The summed E-state index contributed by atoms with van der Waals surface area (Å²) in [6.07, 6.45) is 3.17. The zero-order valence-corrected chi connectivity index (χ0v) is 15.5. The maximum Gasteiger partial charge on any atom is 0.259 e. The minimum Gasteiger partial charge on any atom is -0.440 e. The molecule has 1 fully saturated rings. The van der Waals surface area contributed by atoms with Crippen LogP contribution in [0.15, 0.2) is 35.0 Å². The van der Waals surface area contributed by atoms with Crippen LogP contribution in [-0.4, -0.2) is 47.0 Å². The number of fused-ring (bicyclic) bond motifs is 1. The van der Waals surface area contributed by atoms with Gasteiger partial charge in [0.25, 0.3) is 5.91 Å². The molecule has 1 amide bonds. The first kappa shape index (κ1) is 16.8. The van der Waals surface area contributed by atoms with E-state index in [1.54, 1.807) is 19.3 Å². The van der Waals surface area contributed by atoms with Crippen molar-refractivity contribution < 1.29 is 9.21 Å². The van der Waals surface area contributed by atoms with E-state index in [0.29, 0.717) is 35.6 Å². The Kier molecular flexibility index (Phi) is 4.28. The van der Waals surface area contributed by atoms with Gasteiger partial charge >= 0.3 is 0 Å². The Hall–Kier alpha value is -2.60. The summed E-state index contributed by atoms with van der Waals surface area (Å²) in [4.78, 5) is 25.4. The topological polar surface area (TPSA) is 62.5 Å². The molecule has 1 saturated heterocycles. The number of hydrogen-bond donors (Lipinski definition) is 0. The van der Waals surface area contributed by atoms with Crippen molar-refractivity contribution in [1.82, 2.24) is 14.9 Å². The van der Waals surface area contributed by atoms with Crippen LogP contribution in [0.2, 0.25) is 5.02 Å². The number of halogens is 1. The molecule has 0 N–H and O–H groups in total. The third kappa shape index (κ3) is 3.12. The maximum atomic E-state index is 12.9. The Morgan fingerprint density at radius 2 is 1.88 bits per heavy atom. The molecule has 4 rings (SSSR count). The van der Waals surface area contributed by atoms with Gasteiger partial charge in [-0.3, -0.25) is 9.78 Å². The van der Waals surface area contributed by atoms with Crippen LogP contribution in [0.5, 0.6) is 0 Å². The average Bonchev–Trinajstić information content (AvgIpc) is 3.00. The van der Waals surface area contributed by atoms with Crippen LogP contribution in [0.1, 0.15) is 21.8 Å². The third-order valence-corrected chi connectivity index (χ3v) is 4.81. The van der Waals surface area contributed by atoms with Gasteiger partial charge in [-0.1, -0.05) is 11.6 Å². The number of pyridine rings is 1. The molecule has 7 heteroatoms. The molecule has 0 atom stereocenters. The van der Waals surface area contributed by atoms with E-state index in [1.807, 2.05) is 24.0 Å². The second kappa shape index (κ2) is 6.61. The van der Waals surface area contributed by atoms with E-state index in [4.69, 9.17) is 16.0 Å². The summed E-state index contributed by atoms with van der Waals surface area (Å²) < 4.78 is 5.60. The molecule has 0 aliphatic carbocycles. The van der Waals surface area contributed by atoms with Gasteiger partial charge in [-0.15, -0.1) is 0 Å². The van der Waals surface area contributed by atoms with Gasteiger partial charge in [0.15, 0.2) is 11.5 Å². The maximum absolute atomic E-state index is 12.9. The Bertz CT molecular complexity index is 957. The molecule has 6 nitrogen and oxygen atoms in total. The summed E-state index contributed by atoms with van der Waals surface area (Å²) >= 11 is 6.17. The highest BCUT2D eigenvalue weighted by Crippen LogP contribution is 2.25. The quantitative estimate of drug-likeness (QED) is 0.691. The van der Waals surface area contributed by atoms with Crippen molar-refractivity contribution in [3.05, 3.63) is 52.6 Å². The van der Waals surface area contributed by atoms with Gasteiger partial charge in [-0.05, 0) is 30.7 Å². The van der Waals surface area contributed by atoms with Gasteiger partial charge in [-0.25, -0.2) is 4.98 Å². The van der Waals surface area contributed by atoms with Gasteiger partial charge in [0.1, 0.15) is 11.1 Å². The standard InChI is InChI=1S/C19H19ClN4O2/c1-12-7-14(20)9-15(8-12)23-3-5-24(6-4-23)19(25)16-10-21-11-17-18(16)26-13(2)22-17/h7-11H,3-6H2,1-2H3. The highest BCUT2D eigenvalue weighted by atomic mass is 35.5. The zero-order chi connectivity index (χ0) is 18.3. The molecule has 1 aliphatic rings. The van der Waals surface area contributed by atoms with Crippen LogP contribution >= 0.6 is 11.6 Å². The Morgan fingerprint density at radius 1 is 1.12 bits per heavy atom. The van der Waals surface area contributed by atoms with Crippen molar-refractivity contribution in [2.24, 2.45) is 0 Å². The number of carbonyl (C=O) groups is 1. The average molecular weight is 371 g/mol. The number of oxazole rings is 1. The van der Waals surface area contributed by atoms with Crippen molar-refractivity contribution >= 4 is 34.3 Å². The number of hydrogen-bond acceptors (Lipinski definition) is 5. The van der Waals surface area contributed by atoms with E-state index in [2.05, 4.69) is 20.9 Å². The van der Waals surface area contributed by atoms with Crippen LogP contribution in [0.3, 0.4) is 0 Å². The van der Waals surface area contributed by atoms with E-state index in [9.17, 15) is 4.79 Å². The molecular weight excluding hydrogens is 352 g/mol. The number of piperazine rings is 1. The van der Waals surface area contributed by atoms with Crippen LogP contribution in [0.4, 0.5) is 5.69 Å². The predicted molar refractivity (Wildman–Crippen MR) is 101 cm³/mol. The normalized spacial score (nSPS) is 14.9. The van der Waals surface area contributed by atoms with Crippen LogP contribution in [0.25, 0.3) is 11.1 Å². The summed E-state index contributed by atoms with van der Waals surface area (Å²) in [5, 5.41) is 0.733. The lowest BCUT2D eigenvalue weighted by Crippen LogP contribution is -2.48. The molecule has 1 aliphatic heterocycles. The van der Waals surface area contributed by atoms with Crippen molar-refractivity contribution in [1.29, 1.82) is 0 Å². The lowest BCUT2D eigenvalue weighted by atomic mass is 10.1. The van der Waals surface area contributed by atoms with Crippen LogP contribution < -0.4 is 4.90 Å². The largest absolute Gasteiger partial charge is 0.440 e. The number of amides is 1. The van der Waals surface area contributed by atoms with Gasteiger partial charge in [0, 0.05) is 50.0 Å². The molecule has 1 aromatic carbocycles. The minimum atomic E-state index is -0.0684. The number of nitrogens with zero attached hydrogens (tertiary/aromatic N) is 4. The molecule has 0 spiro atoms. The van der Waals surface area contributed by atoms with Crippen molar-refractivity contribution in [3.63, 3.8) is 0 Å². The monoisotopic (exact) mass is 370 g/mol. The summed E-state index contributed by atoms with van der Waals surface area (Å²) in [6.45, 7) is 6.57. The fraction of sp³-hybridized carbons (Fsp3) is 0.316. The number of rotatable bonds is 2.